The van der Waals surface area contributed by atoms with Crippen LogP contribution in [-0.4, -0.2) is 43.2 Å². The molecule has 5 heteroatoms. The van der Waals surface area contributed by atoms with Gasteiger partial charge in [0.25, 0.3) is 0 Å². The van der Waals surface area contributed by atoms with Crippen LogP contribution in [-0.2, 0) is 11.2 Å². The van der Waals surface area contributed by atoms with Crippen molar-refractivity contribution in [2.24, 2.45) is 0 Å². The SMILES string of the molecule is CN[C@@H](Cc1ccc(N(C)C)nc1)C(=O)O. The fourth-order valence-corrected chi connectivity index (χ4v) is 1.35. The van der Waals surface area contributed by atoms with Crippen molar-refractivity contribution in [3.8, 4) is 0 Å². The molecule has 0 aliphatic rings. The fraction of sp³-hybridized carbons (Fsp3) is 0.455. The third-order valence-corrected chi connectivity index (χ3v) is 2.35. The highest BCUT2D eigenvalue weighted by molar-refractivity contribution is 5.73. The molecular formula is C11H17N3O2. The third kappa shape index (κ3) is 3.20. The lowest BCUT2D eigenvalue weighted by molar-refractivity contribution is -0.139. The molecule has 0 saturated carbocycles. The molecule has 1 atom stereocenters. The number of carboxylic acids is 1. The van der Waals surface area contributed by atoms with E-state index in [4.69, 9.17) is 5.11 Å². The number of nitrogens with one attached hydrogen (secondary N) is 1. The molecule has 0 aliphatic carbocycles. The average molecular weight is 223 g/mol. The van der Waals surface area contributed by atoms with E-state index in [0.29, 0.717) is 6.42 Å². The molecule has 1 aromatic heterocycles. The van der Waals surface area contributed by atoms with Crippen molar-refractivity contribution in [3.05, 3.63) is 23.9 Å². The molecule has 0 saturated heterocycles. The number of carboxylic acid groups (broad SMARTS) is 1. The summed E-state index contributed by atoms with van der Waals surface area (Å²) >= 11 is 0. The van der Waals surface area contributed by atoms with Gasteiger partial charge in [0, 0.05) is 20.3 Å². The van der Waals surface area contributed by atoms with E-state index in [0.717, 1.165) is 11.4 Å². The lowest BCUT2D eigenvalue weighted by Crippen LogP contribution is -2.35. The van der Waals surface area contributed by atoms with Gasteiger partial charge in [-0.1, -0.05) is 6.07 Å². The van der Waals surface area contributed by atoms with Gasteiger partial charge in [0.1, 0.15) is 11.9 Å². The fourth-order valence-electron chi connectivity index (χ4n) is 1.35. The molecule has 88 valence electrons. The van der Waals surface area contributed by atoms with Crippen molar-refractivity contribution in [1.29, 1.82) is 0 Å². The number of aliphatic carboxylic acids is 1. The molecule has 1 heterocycles. The Morgan fingerprint density at radius 2 is 2.25 bits per heavy atom. The minimum Gasteiger partial charge on any atom is -0.480 e. The summed E-state index contributed by atoms with van der Waals surface area (Å²) in [6.07, 6.45) is 2.15. The zero-order valence-corrected chi connectivity index (χ0v) is 9.77. The van der Waals surface area contributed by atoms with Gasteiger partial charge < -0.3 is 15.3 Å². The van der Waals surface area contributed by atoms with Crippen LogP contribution in [0, 0.1) is 0 Å². The highest BCUT2D eigenvalue weighted by Gasteiger charge is 2.15. The second-order valence-electron chi connectivity index (χ2n) is 3.80. The molecule has 1 aromatic rings. The summed E-state index contributed by atoms with van der Waals surface area (Å²) in [5, 5.41) is 11.6. The minimum absolute atomic E-state index is 0.437. The second-order valence-corrected chi connectivity index (χ2v) is 3.80. The van der Waals surface area contributed by atoms with E-state index in [1.165, 1.54) is 0 Å². The van der Waals surface area contributed by atoms with E-state index < -0.39 is 12.0 Å². The molecule has 1 rings (SSSR count). The number of anilines is 1. The molecular weight excluding hydrogens is 206 g/mol. The highest BCUT2D eigenvalue weighted by atomic mass is 16.4. The Hall–Kier alpha value is -1.62. The number of hydrogen-bond donors (Lipinski definition) is 2. The van der Waals surface area contributed by atoms with E-state index in [1.807, 2.05) is 31.1 Å². The first-order valence-electron chi connectivity index (χ1n) is 5.07. The van der Waals surface area contributed by atoms with E-state index in [-0.39, 0.29) is 0 Å². The lowest BCUT2D eigenvalue weighted by atomic mass is 10.1. The summed E-state index contributed by atoms with van der Waals surface area (Å²) in [6.45, 7) is 0. The van der Waals surface area contributed by atoms with Gasteiger partial charge in [-0.3, -0.25) is 4.79 Å². The number of likely N-dealkylation sites (N-methyl/N-ethyl adjacent to an activating group) is 1. The van der Waals surface area contributed by atoms with Crippen LogP contribution >= 0.6 is 0 Å². The van der Waals surface area contributed by atoms with Crippen LogP contribution in [0.4, 0.5) is 5.82 Å². The lowest BCUT2D eigenvalue weighted by Gasteiger charge is -2.13. The standard InChI is InChI=1S/C11H17N3O2/c1-12-9(11(15)16)6-8-4-5-10(13-7-8)14(2)3/h4-5,7,9,12H,6H2,1-3H3,(H,15,16)/t9-/m0/s1. The van der Waals surface area contributed by atoms with Crippen LogP contribution in [0.3, 0.4) is 0 Å². The van der Waals surface area contributed by atoms with Crippen LogP contribution in [0.1, 0.15) is 5.56 Å². The number of carbonyl (C=O) groups is 1. The second kappa shape index (κ2) is 5.46. The van der Waals surface area contributed by atoms with E-state index >= 15 is 0 Å². The average Bonchev–Trinajstić information content (AvgIpc) is 2.26. The van der Waals surface area contributed by atoms with E-state index in [1.54, 1.807) is 13.2 Å². The molecule has 0 amide bonds. The topological polar surface area (TPSA) is 65.5 Å². The molecule has 0 unspecified atom stereocenters. The largest absolute Gasteiger partial charge is 0.480 e. The molecule has 0 radical (unpaired) electrons. The van der Waals surface area contributed by atoms with Crippen LogP contribution in [0.5, 0.6) is 0 Å². The molecule has 5 nitrogen and oxygen atoms in total. The summed E-state index contributed by atoms with van der Waals surface area (Å²) < 4.78 is 0. The zero-order valence-electron chi connectivity index (χ0n) is 9.77. The molecule has 16 heavy (non-hydrogen) atoms. The smallest absolute Gasteiger partial charge is 0.321 e. The van der Waals surface area contributed by atoms with E-state index in [2.05, 4.69) is 10.3 Å². The van der Waals surface area contributed by atoms with Crippen LogP contribution in [0.2, 0.25) is 0 Å². The van der Waals surface area contributed by atoms with Gasteiger partial charge in [-0.15, -0.1) is 0 Å². The van der Waals surface area contributed by atoms with Gasteiger partial charge in [-0.25, -0.2) is 4.98 Å². The maximum Gasteiger partial charge on any atom is 0.321 e. The number of nitrogens with zero attached hydrogens (tertiary/aromatic N) is 2. The summed E-state index contributed by atoms with van der Waals surface area (Å²) in [4.78, 5) is 16.9. The molecule has 0 aromatic carbocycles. The summed E-state index contributed by atoms with van der Waals surface area (Å²) in [6, 6.07) is 3.21. The third-order valence-electron chi connectivity index (χ3n) is 2.35. The molecule has 0 spiro atoms. The maximum atomic E-state index is 10.8. The number of hydrogen-bond acceptors (Lipinski definition) is 4. The first kappa shape index (κ1) is 12.4. The van der Waals surface area contributed by atoms with Crippen LogP contribution in [0.25, 0.3) is 0 Å². The molecule has 0 bridgehead atoms. The molecule has 0 aliphatic heterocycles. The Kier molecular flexibility index (Phi) is 4.25. The number of pyridine rings is 1. The van der Waals surface area contributed by atoms with Gasteiger partial charge in [0.2, 0.25) is 0 Å². The highest BCUT2D eigenvalue weighted by Crippen LogP contribution is 2.09. The first-order chi connectivity index (χ1) is 7.54. The number of rotatable bonds is 5. The monoisotopic (exact) mass is 223 g/mol. The summed E-state index contributed by atoms with van der Waals surface area (Å²) in [5.74, 6) is 0.0132. The Morgan fingerprint density at radius 1 is 1.56 bits per heavy atom. The summed E-state index contributed by atoms with van der Waals surface area (Å²) in [5.41, 5.74) is 0.910. The maximum absolute atomic E-state index is 10.8. The van der Waals surface area contributed by atoms with Crippen LogP contribution in [0.15, 0.2) is 18.3 Å². The molecule has 2 N–H and O–H groups in total. The Bertz CT molecular complexity index is 349. The van der Waals surface area contributed by atoms with Crippen molar-refractivity contribution in [2.75, 3.05) is 26.0 Å². The Balaban J connectivity index is 2.71. The van der Waals surface area contributed by atoms with Crippen molar-refractivity contribution in [3.63, 3.8) is 0 Å². The Labute approximate surface area is 95.1 Å². The van der Waals surface area contributed by atoms with Crippen molar-refractivity contribution in [2.45, 2.75) is 12.5 Å². The normalized spacial score (nSPS) is 12.2. The van der Waals surface area contributed by atoms with Gasteiger partial charge in [-0.05, 0) is 25.1 Å². The quantitative estimate of drug-likeness (QED) is 0.754. The van der Waals surface area contributed by atoms with E-state index in [9.17, 15) is 4.79 Å². The van der Waals surface area contributed by atoms with Crippen LogP contribution < -0.4 is 10.2 Å². The van der Waals surface area contributed by atoms with Crippen molar-refractivity contribution in [1.82, 2.24) is 10.3 Å². The minimum atomic E-state index is -0.848. The van der Waals surface area contributed by atoms with Gasteiger partial charge in [0.05, 0.1) is 0 Å². The predicted molar refractivity (Wildman–Crippen MR) is 62.8 cm³/mol. The van der Waals surface area contributed by atoms with Gasteiger partial charge >= 0.3 is 5.97 Å². The van der Waals surface area contributed by atoms with Crippen molar-refractivity contribution >= 4 is 11.8 Å². The van der Waals surface area contributed by atoms with Crippen molar-refractivity contribution < 1.29 is 9.90 Å². The predicted octanol–water partition coefficient (Wildman–Crippen LogP) is 0.363. The number of aromatic nitrogens is 1. The van der Waals surface area contributed by atoms with Gasteiger partial charge in [0.15, 0.2) is 0 Å². The molecule has 0 fully saturated rings. The van der Waals surface area contributed by atoms with Gasteiger partial charge in [-0.2, -0.15) is 0 Å². The Morgan fingerprint density at radius 3 is 2.62 bits per heavy atom. The zero-order chi connectivity index (χ0) is 12.1. The first-order valence-corrected chi connectivity index (χ1v) is 5.07. The summed E-state index contributed by atoms with van der Waals surface area (Å²) in [7, 11) is 5.46.